The van der Waals surface area contributed by atoms with Crippen LogP contribution in [0.1, 0.15) is 0 Å². The molecule has 128 valence electrons. The molecule has 0 bridgehead atoms. The molecule has 0 spiro atoms. The minimum Gasteiger partial charge on any atom is -0.310 e. The molecule has 3 rings (SSSR count). The lowest BCUT2D eigenvalue weighted by atomic mass is 10.2. The molecule has 0 unspecified atom stereocenters. The summed E-state index contributed by atoms with van der Waals surface area (Å²) in [6.07, 6.45) is 1.48. The Morgan fingerprint density at radius 1 is 1.20 bits per heavy atom. The molecule has 0 aliphatic carbocycles. The number of halogens is 2. The summed E-state index contributed by atoms with van der Waals surface area (Å²) in [4.78, 5) is 16.0. The Bertz CT molecular complexity index is 898. The normalized spacial score (nSPS) is 10.7. The number of carbonyl (C=O) groups is 1. The molecule has 0 fully saturated rings. The molecule has 2 heterocycles. The van der Waals surface area contributed by atoms with E-state index in [4.69, 9.17) is 23.2 Å². The average molecular weight is 394 g/mol. The molecule has 0 saturated carbocycles. The highest BCUT2D eigenvalue weighted by atomic mass is 35.5. The molecule has 9 heteroatoms. The summed E-state index contributed by atoms with van der Waals surface area (Å²) in [5.74, 6) is 1.13. The standard InChI is InChI=1S/C16H13Cl2N5OS/c1-23-15(10-3-2-4-11(17)7-10)21-22-16(23)25-9-14(24)20-13-6-5-12(18)8-19-13/h2-8H,9H2,1H3,(H,19,20,24). The van der Waals surface area contributed by atoms with Crippen LogP contribution in [0, 0.1) is 0 Å². The van der Waals surface area contributed by atoms with Gasteiger partial charge in [0.15, 0.2) is 11.0 Å². The molecule has 0 saturated heterocycles. The van der Waals surface area contributed by atoms with Crippen LogP contribution >= 0.6 is 35.0 Å². The number of amides is 1. The second-order valence-corrected chi connectivity index (χ2v) is 6.89. The fourth-order valence-electron chi connectivity index (χ4n) is 2.08. The van der Waals surface area contributed by atoms with Gasteiger partial charge in [0.05, 0.1) is 10.8 Å². The zero-order valence-corrected chi connectivity index (χ0v) is 15.4. The SMILES string of the molecule is Cn1c(SCC(=O)Nc2ccc(Cl)cn2)nnc1-c1cccc(Cl)c1. The summed E-state index contributed by atoms with van der Waals surface area (Å²) in [6.45, 7) is 0. The summed E-state index contributed by atoms with van der Waals surface area (Å²) >= 11 is 13.1. The first kappa shape index (κ1) is 17.7. The summed E-state index contributed by atoms with van der Waals surface area (Å²) in [5, 5.41) is 12.8. The fourth-order valence-corrected chi connectivity index (χ4v) is 3.09. The van der Waals surface area contributed by atoms with E-state index in [2.05, 4.69) is 20.5 Å². The number of hydrogen-bond acceptors (Lipinski definition) is 5. The van der Waals surface area contributed by atoms with Crippen LogP contribution in [-0.4, -0.2) is 31.4 Å². The Hall–Kier alpha value is -2.09. The minimum atomic E-state index is -0.188. The number of hydrogen-bond donors (Lipinski definition) is 1. The van der Waals surface area contributed by atoms with Gasteiger partial charge in [-0.25, -0.2) is 4.98 Å². The quantitative estimate of drug-likeness (QED) is 0.665. The summed E-state index contributed by atoms with van der Waals surface area (Å²) in [6, 6.07) is 10.7. The third-order valence-electron chi connectivity index (χ3n) is 3.24. The van der Waals surface area contributed by atoms with Crippen molar-refractivity contribution in [3.05, 3.63) is 52.6 Å². The van der Waals surface area contributed by atoms with E-state index in [0.29, 0.717) is 26.8 Å². The van der Waals surface area contributed by atoms with Gasteiger partial charge in [-0.05, 0) is 24.3 Å². The van der Waals surface area contributed by atoms with E-state index in [0.717, 1.165) is 5.56 Å². The maximum Gasteiger partial charge on any atom is 0.236 e. The molecule has 0 aliphatic rings. The largest absolute Gasteiger partial charge is 0.310 e. The van der Waals surface area contributed by atoms with Gasteiger partial charge in [0.2, 0.25) is 5.91 Å². The van der Waals surface area contributed by atoms with Crippen molar-refractivity contribution in [2.75, 3.05) is 11.1 Å². The summed E-state index contributed by atoms with van der Waals surface area (Å²) < 4.78 is 1.82. The van der Waals surface area contributed by atoms with E-state index in [1.54, 1.807) is 18.2 Å². The van der Waals surface area contributed by atoms with Crippen molar-refractivity contribution < 1.29 is 4.79 Å². The van der Waals surface area contributed by atoms with Gasteiger partial charge in [0.1, 0.15) is 5.82 Å². The number of carbonyl (C=O) groups excluding carboxylic acids is 1. The van der Waals surface area contributed by atoms with Crippen molar-refractivity contribution in [1.29, 1.82) is 0 Å². The Labute approximate surface area is 158 Å². The predicted molar refractivity (Wildman–Crippen MR) is 100 cm³/mol. The molecule has 0 atom stereocenters. The molecule has 0 aliphatic heterocycles. The lowest BCUT2D eigenvalue weighted by Crippen LogP contribution is -2.15. The zero-order valence-electron chi connectivity index (χ0n) is 13.1. The van der Waals surface area contributed by atoms with E-state index < -0.39 is 0 Å². The van der Waals surface area contributed by atoms with Crippen molar-refractivity contribution in [3.63, 3.8) is 0 Å². The molecular formula is C16H13Cl2N5OS. The molecule has 6 nitrogen and oxygen atoms in total. The van der Waals surface area contributed by atoms with Crippen LogP contribution < -0.4 is 5.32 Å². The lowest BCUT2D eigenvalue weighted by Gasteiger charge is -2.05. The van der Waals surface area contributed by atoms with Crippen LogP contribution in [0.5, 0.6) is 0 Å². The van der Waals surface area contributed by atoms with E-state index in [9.17, 15) is 4.79 Å². The Morgan fingerprint density at radius 3 is 2.76 bits per heavy atom. The summed E-state index contributed by atoms with van der Waals surface area (Å²) in [5.41, 5.74) is 0.865. The number of benzene rings is 1. The van der Waals surface area contributed by atoms with Gasteiger partial charge in [-0.3, -0.25) is 4.79 Å². The number of anilines is 1. The molecule has 1 aromatic carbocycles. The highest BCUT2D eigenvalue weighted by molar-refractivity contribution is 7.99. The lowest BCUT2D eigenvalue weighted by molar-refractivity contribution is -0.113. The van der Waals surface area contributed by atoms with Crippen LogP contribution in [0.2, 0.25) is 10.0 Å². The molecule has 0 radical (unpaired) electrons. The first-order valence-corrected chi connectivity index (χ1v) is 8.96. The van der Waals surface area contributed by atoms with Crippen molar-refractivity contribution in [1.82, 2.24) is 19.7 Å². The average Bonchev–Trinajstić information content (AvgIpc) is 2.96. The van der Waals surface area contributed by atoms with Crippen LogP contribution in [0.25, 0.3) is 11.4 Å². The topological polar surface area (TPSA) is 72.7 Å². The number of nitrogens with zero attached hydrogens (tertiary/aromatic N) is 4. The third-order valence-corrected chi connectivity index (χ3v) is 4.72. The third kappa shape index (κ3) is 4.50. The minimum absolute atomic E-state index is 0.186. The number of pyridine rings is 1. The van der Waals surface area contributed by atoms with Gasteiger partial charge in [-0.15, -0.1) is 10.2 Å². The number of thioether (sulfide) groups is 1. The highest BCUT2D eigenvalue weighted by Gasteiger charge is 2.13. The molecule has 1 N–H and O–H groups in total. The fraction of sp³-hybridized carbons (Fsp3) is 0.125. The van der Waals surface area contributed by atoms with E-state index in [-0.39, 0.29) is 11.7 Å². The number of nitrogens with one attached hydrogen (secondary N) is 1. The van der Waals surface area contributed by atoms with Crippen LogP contribution in [0.15, 0.2) is 47.8 Å². The number of rotatable bonds is 5. The molecule has 3 aromatic rings. The van der Waals surface area contributed by atoms with Gasteiger partial charge in [-0.1, -0.05) is 47.1 Å². The van der Waals surface area contributed by atoms with Crippen molar-refractivity contribution in [2.24, 2.45) is 7.05 Å². The van der Waals surface area contributed by atoms with Gasteiger partial charge >= 0.3 is 0 Å². The smallest absolute Gasteiger partial charge is 0.236 e. The van der Waals surface area contributed by atoms with Crippen LogP contribution in [-0.2, 0) is 11.8 Å². The summed E-state index contributed by atoms with van der Waals surface area (Å²) in [7, 11) is 1.84. The van der Waals surface area contributed by atoms with Crippen LogP contribution in [0.4, 0.5) is 5.82 Å². The molecule has 2 aromatic heterocycles. The van der Waals surface area contributed by atoms with Crippen molar-refractivity contribution in [3.8, 4) is 11.4 Å². The Morgan fingerprint density at radius 2 is 2.04 bits per heavy atom. The second-order valence-electron chi connectivity index (χ2n) is 5.07. The first-order valence-electron chi connectivity index (χ1n) is 7.22. The Balaban J connectivity index is 1.64. The van der Waals surface area contributed by atoms with Crippen LogP contribution in [0.3, 0.4) is 0 Å². The van der Waals surface area contributed by atoms with Gasteiger partial charge in [0.25, 0.3) is 0 Å². The molecule has 1 amide bonds. The maximum atomic E-state index is 12.0. The van der Waals surface area contributed by atoms with Gasteiger partial charge in [0, 0.05) is 23.8 Å². The van der Waals surface area contributed by atoms with Crippen molar-refractivity contribution >= 4 is 46.7 Å². The predicted octanol–water partition coefficient (Wildman–Crippen LogP) is 3.91. The maximum absolute atomic E-state index is 12.0. The zero-order chi connectivity index (χ0) is 17.8. The number of aromatic nitrogens is 4. The van der Waals surface area contributed by atoms with Gasteiger partial charge in [-0.2, -0.15) is 0 Å². The molecular weight excluding hydrogens is 381 g/mol. The highest BCUT2D eigenvalue weighted by Crippen LogP contribution is 2.24. The first-order chi connectivity index (χ1) is 12.0. The molecule has 25 heavy (non-hydrogen) atoms. The van der Waals surface area contributed by atoms with E-state index in [1.165, 1.54) is 18.0 Å². The van der Waals surface area contributed by atoms with Gasteiger partial charge < -0.3 is 9.88 Å². The Kier molecular flexibility index (Phi) is 5.57. The van der Waals surface area contributed by atoms with E-state index in [1.807, 2.05) is 29.8 Å². The monoisotopic (exact) mass is 393 g/mol. The second kappa shape index (κ2) is 7.86. The van der Waals surface area contributed by atoms with E-state index >= 15 is 0 Å². The van der Waals surface area contributed by atoms with Crippen molar-refractivity contribution in [2.45, 2.75) is 5.16 Å².